The fourth-order valence-corrected chi connectivity index (χ4v) is 2.10. The van der Waals surface area contributed by atoms with E-state index in [9.17, 15) is 4.79 Å². The van der Waals surface area contributed by atoms with Gasteiger partial charge in [0.15, 0.2) is 0 Å². The van der Waals surface area contributed by atoms with Gasteiger partial charge in [-0.25, -0.2) is 0 Å². The van der Waals surface area contributed by atoms with Crippen LogP contribution in [0.5, 0.6) is 5.75 Å². The zero-order valence-electron chi connectivity index (χ0n) is 13.6. The van der Waals surface area contributed by atoms with Crippen LogP contribution in [0.25, 0.3) is 0 Å². The zero-order valence-corrected chi connectivity index (χ0v) is 14.4. The number of unbranched alkanes of at least 4 members (excludes halogenated alkanes) is 1. The fourth-order valence-electron chi connectivity index (χ4n) is 2.02. The summed E-state index contributed by atoms with van der Waals surface area (Å²) in [6.45, 7) is 2.44. The minimum atomic E-state index is -0.00317. The van der Waals surface area contributed by atoms with Gasteiger partial charge in [-0.05, 0) is 36.9 Å². The molecule has 0 aliphatic rings. The second-order valence-corrected chi connectivity index (χ2v) is 5.25. The zero-order chi connectivity index (χ0) is 17.1. The van der Waals surface area contributed by atoms with Gasteiger partial charge < -0.3 is 15.8 Å². The van der Waals surface area contributed by atoms with E-state index in [2.05, 4.69) is 17.2 Å². The van der Waals surface area contributed by atoms with Crippen LogP contribution in [0.15, 0.2) is 35.5 Å². The Morgan fingerprint density at radius 1 is 1.48 bits per heavy atom. The van der Waals surface area contributed by atoms with Crippen LogP contribution in [-0.2, 0) is 4.79 Å². The predicted molar refractivity (Wildman–Crippen MR) is 96.6 cm³/mol. The summed E-state index contributed by atoms with van der Waals surface area (Å²) in [5, 5.41) is 2.89. The lowest BCUT2D eigenvalue weighted by atomic mass is 10.1. The molecule has 0 bridgehead atoms. The molecule has 0 atom stereocenters. The first kappa shape index (κ1) is 19.0. The lowest BCUT2D eigenvalue weighted by Crippen LogP contribution is -2.12. The number of anilines is 1. The van der Waals surface area contributed by atoms with E-state index in [1.54, 1.807) is 25.3 Å². The number of aliphatic imine (C=N–C) groups is 1. The summed E-state index contributed by atoms with van der Waals surface area (Å²) in [4.78, 5) is 16.1. The highest BCUT2D eigenvalue weighted by Gasteiger charge is 2.11. The van der Waals surface area contributed by atoms with Gasteiger partial charge >= 0.3 is 0 Å². The first-order valence-corrected chi connectivity index (χ1v) is 8.17. The Labute approximate surface area is 142 Å². The number of benzene rings is 1. The number of alkyl halides is 1. The summed E-state index contributed by atoms with van der Waals surface area (Å²) in [7, 11) is 1.67. The maximum absolute atomic E-state index is 11.9. The van der Waals surface area contributed by atoms with Crippen LogP contribution in [0.2, 0.25) is 0 Å². The molecule has 0 spiro atoms. The Morgan fingerprint density at radius 2 is 2.26 bits per heavy atom. The largest absolute Gasteiger partial charge is 0.492 e. The molecule has 0 unspecified atom stereocenters. The number of rotatable bonds is 9. The van der Waals surface area contributed by atoms with E-state index >= 15 is 0 Å². The number of allylic oxidation sites excluding steroid dienone is 1. The second kappa shape index (κ2) is 10.7. The van der Waals surface area contributed by atoms with Crippen LogP contribution in [0, 0.1) is 0 Å². The van der Waals surface area contributed by atoms with Gasteiger partial charge in [0.1, 0.15) is 12.4 Å². The number of amides is 1. The van der Waals surface area contributed by atoms with Crippen molar-refractivity contribution in [1.82, 2.24) is 0 Å². The average Bonchev–Trinajstić information content (AvgIpc) is 2.56. The predicted octanol–water partition coefficient (Wildman–Crippen LogP) is 3.32. The quantitative estimate of drug-likeness (QED) is 0.536. The van der Waals surface area contributed by atoms with Crippen LogP contribution < -0.4 is 15.8 Å². The van der Waals surface area contributed by atoms with Gasteiger partial charge in [0.05, 0.1) is 11.6 Å². The number of nitrogens with zero attached hydrogens (tertiary/aromatic N) is 1. The summed E-state index contributed by atoms with van der Waals surface area (Å²) < 4.78 is 5.64. The van der Waals surface area contributed by atoms with Crippen molar-refractivity contribution in [3.05, 3.63) is 36.0 Å². The molecule has 1 rings (SSSR count). The third-order valence-electron chi connectivity index (χ3n) is 3.13. The third kappa shape index (κ3) is 6.32. The topological polar surface area (TPSA) is 76.7 Å². The highest BCUT2D eigenvalue weighted by atomic mass is 35.5. The minimum absolute atomic E-state index is 0.00317. The Morgan fingerprint density at radius 3 is 2.87 bits per heavy atom. The lowest BCUT2D eigenvalue weighted by Gasteiger charge is -2.13. The third-order valence-corrected chi connectivity index (χ3v) is 3.28. The van der Waals surface area contributed by atoms with Crippen molar-refractivity contribution in [2.45, 2.75) is 26.2 Å². The normalized spacial score (nSPS) is 11.7. The number of carbonyl (C=O) groups is 1. The minimum Gasteiger partial charge on any atom is -0.492 e. The molecule has 1 aromatic rings. The molecule has 0 aromatic heterocycles. The van der Waals surface area contributed by atoms with Crippen LogP contribution in [0.4, 0.5) is 5.69 Å². The maximum Gasteiger partial charge on any atom is 0.224 e. The van der Waals surface area contributed by atoms with Crippen molar-refractivity contribution in [3.63, 3.8) is 0 Å². The SMILES string of the molecule is CCCCC(=O)Nc1ccc(OCCCl)c(C(C=CN)=NC)c1. The van der Waals surface area contributed by atoms with Crippen molar-refractivity contribution in [3.8, 4) is 5.75 Å². The standard InChI is InChI=1S/C17H24ClN3O2/c1-3-4-5-17(22)21-13-6-7-16(23-11-9-18)14(12-13)15(20-2)8-10-19/h6-8,10,12H,3-5,9,11,19H2,1-2H3,(H,21,22). The van der Waals surface area contributed by atoms with E-state index in [4.69, 9.17) is 22.1 Å². The number of carbonyl (C=O) groups excluding carboxylic acids is 1. The molecule has 5 nitrogen and oxygen atoms in total. The van der Waals surface area contributed by atoms with Crippen molar-refractivity contribution in [2.75, 3.05) is 24.9 Å². The molecule has 6 heteroatoms. The number of ether oxygens (including phenoxy) is 1. The smallest absolute Gasteiger partial charge is 0.224 e. The van der Waals surface area contributed by atoms with Crippen LogP contribution >= 0.6 is 11.6 Å². The van der Waals surface area contributed by atoms with Gasteiger partial charge in [-0.15, -0.1) is 11.6 Å². The first-order valence-electron chi connectivity index (χ1n) is 7.64. The van der Waals surface area contributed by atoms with E-state index in [0.29, 0.717) is 36.1 Å². The van der Waals surface area contributed by atoms with E-state index < -0.39 is 0 Å². The molecular weight excluding hydrogens is 314 g/mol. The van der Waals surface area contributed by atoms with Gasteiger partial charge in [-0.3, -0.25) is 9.79 Å². The van der Waals surface area contributed by atoms with Gasteiger partial charge in [-0.2, -0.15) is 0 Å². The first-order chi connectivity index (χ1) is 11.2. The highest BCUT2D eigenvalue weighted by Crippen LogP contribution is 2.24. The monoisotopic (exact) mass is 337 g/mol. The van der Waals surface area contributed by atoms with Crippen LogP contribution in [-0.4, -0.2) is 31.2 Å². The fraction of sp³-hybridized carbons (Fsp3) is 0.412. The number of nitrogens with two attached hydrogens (primary N) is 1. The molecule has 3 N–H and O–H groups in total. The van der Waals surface area contributed by atoms with E-state index in [-0.39, 0.29) is 5.91 Å². The number of halogens is 1. The number of nitrogens with one attached hydrogen (secondary N) is 1. The van der Waals surface area contributed by atoms with Crippen molar-refractivity contribution < 1.29 is 9.53 Å². The molecule has 23 heavy (non-hydrogen) atoms. The molecule has 0 aliphatic heterocycles. The second-order valence-electron chi connectivity index (χ2n) is 4.87. The van der Waals surface area contributed by atoms with Gasteiger partial charge in [-0.1, -0.05) is 13.3 Å². The summed E-state index contributed by atoms with van der Waals surface area (Å²) in [6.07, 6.45) is 5.46. The Balaban J connectivity index is 3.05. The van der Waals surface area contributed by atoms with E-state index in [1.165, 1.54) is 6.20 Å². The van der Waals surface area contributed by atoms with Gasteiger partial charge in [0.25, 0.3) is 0 Å². The summed E-state index contributed by atoms with van der Waals surface area (Å²) in [5.41, 5.74) is 7.60. The van der Waals surface area contributed by atoms with Crippen LogP contribution in [0.3, 0.4) is 0 Å². The average molecular weight is 338 g/mol. The Bertz CT molecular complexity index is 571. The molecule has 0 fully saturated rings. The van der Waals surface area contributed by atoms with Crippen molar-refractivity contribution in [1.29, 1.82) is 0 Å². The van der Waals surface area contributed by atoms with Crippen molar-refractivity contribution >= 4 is 28.9 Å². The van der Waals surface area contributed by atoms with E-state index in [0.717, 1.165) is 18.4 Å². The van der Waals surface area contributed by atoms with E-state index in [1.807, 2.05) is 6.07 Å². The lowest BCUT2D eigenvalue weighted by molar-refractivity contribution is -0.116. The molecule has 0 radical (unpaired) electrons. The number of hydrogen-bond donors (Lipinski definition) is 2. The van der Waals surface area contributed by atoms with Gasteiger partial charge in [0.2, 0.25) is 5.91 Å². The molecule has 0 heterocycles. The summed E-state index contributed by atoms with van der Waals surface area (Å²) in [6, 6.07) is 5.43. The summed E-state index contributed by atoms with van der Waals surface area (Å²) >= 11 is 5.68. The van der Waals surface area contributed by atoms with Crippen molar-refractivity contribution in [2.24, 2.45) is 10.7 Å². The van der Waals surface area contributed by atoms with Gasteiger partial charge in [0, 0.05) is 24.7 Å². The molecule has 1 amide bonds. The molecular formula is C17H24ClN3O2. The molecule has 126 valence electrons. The Kier molecular flexibility index (Phi) is 8.83. The maximum atomic E-state index is 11.9. The molecule has 1 aromatic carbocycles. The molecule has 0 aliphatic carbocycles. The molecule has 0 saturated carbocycles. The van der Waals surface area contributed by atoms with Crippen LogP contribution in [0.1, 0.15) is 31.7 Å². The number of hydrogen-bond acceptors (Lipinski definition) is 4. The summed E-state index contributed by atoms with van der Waals surface area (Å²) in [5.74, 6) is 1.03. The Hall–Kier alpha value is -2.01. The molecule has 0 saturated heterocycles. The highest BCUT2D eigenvalue weighted by molar-refractivity contribution is 6.18.